The molecule has 8 unspecified atom stereocenters. The summed E-state index contributed by atoms with van der Waals surface area (Å²) in [5.41, 5.74) is 4.12. The first kappa shape index (κ1) is 44.3. The van der Waals surface area contributed by atoms with Crippen LogP contribution in [0.1, 0.15) is 75.3 Å². The highest BCUT2D eigenvalue weighted by molar-refractivity contribution is 7.80. The minimum atomic E-state index is -1.30. The zero-order valence-electron chi connectivity index (χ0n) is 33.2. The Morgan fingerprint density at radius 3 is 2.16 bits per heavy atom. The Bertz CT molecular complexity index is 1870. The molecule has 3 heterocycles. The smallest absolute Gasteiger partial charge is 0.303 e. The van der Waals surface area contributed by atoms with Gasteiger partial charge in [-0.25, -0.2) is 0 Å². The summed E-state index contributed by atoms with van der Waals surface area (Å²) in [6, 6.07) is 21.0. The summed E-state index contributed by atoms with van der Waals surface area (Å²) in [6.07, 6.45) is -3.95. The number of aliphatic hydroxyl groups is 1. The van der Waals surface area contributed by atoms with Gasteiger partial charge in [0.05, 0.1) is 23.8 Å². The van der Waals surface area contributed by atoms with Gasteiger partial charge in [0.1, 0.15) is 18.8 Å². The van der Waals surface area contributed by atoms with Crippen LogP contribution in [0, 0.1) is 0 Å². The number of carbonyl (C=O) groups is 4. The maximum Gasteiger partial charge on any atom is 0.303 e. The molecule has 2 aromatic carbocycles. The molecular weight excluding hydrogens is 771 g/mol. The highest BCUT2D eigenvalue weighted by atomic mass is 32.1. The van der Waals surface area contributed by atoms with Crippen molar-refractivity contribution in [2.24, 2.45) is 0 Å². The Morgan fingerprint density at radius 2 is 1.52 bits per heavy atom. The second-order valence-electron chi connectivity index (χ2n) is 14.3. The average molecular weight is 822 g/mol. The monoisotopic (exact) mass is 821 g/mol. The predicted octanol–water partition coefficient (Wildman–Crippen LogP) is 4.55. The van der Waals surface area contributed by atoms with Crippen LogP contribution >= 0.6 is 12.2 Å². The van der Waals surface area contributed by atoms with Crippen LogP contribution in [-0.4, -0.2) is 107 Å². The number of anilines is 1. The van der Waals surface area contributed by atoms with E-state index in [9.17, 15) is 24.3 Å². The van der Waals surface area contributed by atoms with Crippen molar-refractivity contribution in [3.8, 4) is 0 Å². The van der Waals surface area contributed by atoms with Gasteiger partial charge < -0.3 is 48.5 Å². The number of carbonyl (C=O) groups excluding carboxylic acids is 4. The number of nitrogens with zero attached hydrogens (tertiary/aromatic N) is 2. The number of likely N-dealkylation sites (N-methyl/N-ethyl adjacent to an activating group) is 1. The first-order valence-electron chi connectivity index (χ1n) is 19.1. The molecule has 2 saturated heterocycles. The number of hydrogen-bond acceptors (Lipinski definition) is 15. The number of ether oxygens (including phenoxy) is 7. The van der Waals surface area contributed by atoms with Gasteiger partial charge in [-0.3, -0.25) is 24.2 Å². The fraction of sp³-hybridized carbons (Fsp3) is 0.476. The Balaban J connectivity index is 1.33. The minimum absolute atomic E-state index is 0.0338. The van der Waals surface area contributed by atoms with Gasteiger partial charge >= 0.3 is 23.9 Å². The van der Waals surface area contributed by atoms with Gasteiger partial charge in [-0.05, 0) is 42.4 Å². The van der Waals surface area contributed by atoms with Crippen LogP contribution in [0.2, 0.25) is 0 Å². The van der Waals surface area contributed by atoms with E-state index in [2.05, 4.69) is 22.2 Å². The van der Waals surface area contributed by atoms with E-state index >= 15 is 0 Å². The molecular formula is C42H51N3O12S. The summed E-state index contributed by atoms with van der Waals surface area (Å²) in [5, 5.41) is 12.8. The lowest BCUT2D eigenvalue weighted by Crippen LogP contribution is -2.62. The maximum atomic E-state index is 12.3. The van der Waals surface area contributed by atoms with Crippen molar-refractivity contribution in [3.05, 3.63) is 95.3 Å². The Labute approximate surface area is 343 Å². The number of aliphatic hydroxyl groups excluding tert-OH is 1. The number of thiocarbonyl (C=S) groups is 1. The summed E-state index contributed by atoms with van der Waals surface area (Å²) in [4.78, 5) is 55.4. The molecule has 2 aliphatic rings. The van der Waals surface area contributed by atoms with E-state index in [0.29, 0.717) is 18.7 Å². The van der Waals surface area contributed by atoms with Gasteiger partial charge in [-0.15, -0.1) is 0 Å². The Kier molecular flexibility index (Phi) is 16.2. The van der Waals surface area contributed by atoms with Gasteiger partial charge in [0.15, 0.2) is 24.6 Å². The lowest BCUT2D eigenvalue weighted by atomic mass is 9.92. The molecule has 0 saturated carbocycles. The van der Waals surface area contributed by atoms with Crippen molar-refractivity contribution in [1.29, 1.82) is 0 Å². The van der Waals surface area contributed by atoms with Crippen molar-refractivity contribution in [2.45, 2.75) is 103 Å². The largest absolute Gasteiger partial charge is 0.463 e. The normalized spacial score (nSPS) is 24.3. The van der Waals surface area contributed by atoms with Crippen LogP contribution in [0.25, 0.3) is 0 Å². The van der Waals surface area contributed by atoms with Gasteiger partial charge in [0, 0.05) is 83.2 Å². The van der Waals surface area contributed by atoms with Gasteiger partial charge in [0.2, 0.25) is 0 Å². The van der Waals surface area contributed by atoms with Gasteiger partial charge in [-0.1, -0.05) is 54.7 Å². The first-order valence-corrected chi connectivity index (χ1v) is 19.5. The Hall–Kier alpha value is -4.84. The lowest BCUT2D eigenvalue weighted by molar-refractivity contribution is -0.252. The molecule has 0 aliphatic carbocycles. The third-order valence-corrected chi connectivity index (χ3v) is 9.79. The molecule has 58 heavy (non-hydrogen) atoms. The second kappa shape index (κ2) is 21.2. The summed E-state index contributed by atoms with van der Waals surface area (Å²) in [6.45, 7) is 5.76. The molecule has 0 spiro atoms. The van der Waals surface area contributed by atoms with Crippen molar-refractivity contribution >= 4 is 46.8 Å². The summed E-state index contributed by atoms with van der Waals surface area (Å²) in [7, 11) is 2.05. The van der Waals surface area contributed by atoms with Crippen molar-refractivity contribution in [1.82, 2.24) is 9.88 Å². The van der Waals surface area contributed by atoms with E-state index in [1.54, 1.807) is 6.20 Å². The molecule has 0 amide bonds. The van der Waals surface area contributed by atoms with E-state index in [1.165, 1.54) is 20.8 Å². The molecule has 0 bridgehead atoms. The number of aromatic nitrogens is 1. The SMILES string of the molecule is CC(=O)OCC1OC(CC(=S)Nc2cccc(C3OC(CN(C)CCc4ccccn4)CC(c4ccc(CO)cc4)O3)c2)C(OC(C)=O)C(OC(C)=O)C1OC(C)=O. The number of nitrogens with one attached hydrogen (secondary N) is 1. The molecule has 2 fully saturated rings. The Morgan fingerprint density at radius 1 is 0.828 bits per heavy atom. The molecule has 8 atom stereocenters. The molecule has 16 heteroatoms. The fourth-order valence-corrected chi connectivity index (χ4v) is 7.25. The van der Waals surface area contributed by atoms with Gasteiger partial charge in [-0.2, -0.15) is 0 Å². The number of hydrogen-bond donors (Lipinski definition) is 2. The number of esters is 4. The predicted molar refractivity (Wildman–Crippen MR) is 213 cm³/mol. The lowest BCUT2D eigenvalue weighted by Gasteiger charge is -2.44. The topological polar surface area (TPSA) is 181 Å². The third-order valence-electron chi connectivity index (χ3n) is 9.52. The summed E-state index contributed by atoms with van der Waals surface area (Å²) >= 11 is 5.78. The first-order chi connectivity index (χ1) is 27.8. The third kappa shape index (κ3) is 13.1. The average Bonchev–Trinajstić information content (AvgIpc) is 3.18. The molecule has 0 radical (unpaired) electrons. The van der Waals surface area contributed by atoms with Gasteiger partial charge in [0.25, 0.3) is 0 Å². The van der Waals surface area contributed by atoms with E-state index in [0.717, 1.165) is 42.3 Å². The molecule has 3 aromatic rings. The van der Waals surface area contributed by atoms with E-state index in [4.69, 9.17) is 45.4 Å². The number of pyridine rings is 1. The zero-order chi connectivity index (χ0) is 41.8. The van der Waals surface area contributed by atoms with Crippen LogP contribution in [0.15, 0.2) is 72.9 Å². The molecule has 312 valence electrons. The van der Waals surface area contributed by atoms with E-state index in [1.807, 2.05) is 66.7 Å². The van der Waals surface area contributed by atoms with E-state index in [-0.39, 0.29) is 36.8 Å². The van der Waals surface area contributed by atoms with Crippen molar-refractivity contribution < 1.29 is 57.4 Å². The van der Waals surface area contributed by atoms with Crippen molar-refractivity contribution in [2.75, 3.05) is 32.1 Å². The quantitative estimate of drug-likeness (QED) is 0.117. The number of benzene rings is 2. The molecule has 1 aromatic heterocycles. The maximum absolute atomic E-state index is 12.3. The van der Waals surface area contributed by atoms with Crippen LogP contribution in [0.5, 0.6) is 0 Å². The molecule has 2 N–H and O–H groups in total. The fourth-order valence-electron chi connectivity index (χ4n) is 6.96. The van der Waals surface area contributed by atoms with Crippen LogP contribution in [0.3, 0.4) is 0 Å². The standard InChI is InChI=1S/C42H51N3O12S/c1-25(47)51-24-37-40(53-27(3)49)41(54-28(4)50)39(52-26(2)48)36(56-37)21-38(58)44-33-11-8-9-31(19-33)42-55-34(22-45(5)18-16-32-10-6-7-17-43-32)20-35(57-42)30-14-12-29(23-46)13-15-30/h6-15,17,19,34-37,39-42,46H,16,18,20-24H2,1-5H3,(H,44,58). The molecule has 5 rings (SSSR count). The number of rotatable bonds is 16. The van der Waals surface area contributed by atoms with Crippen molar-refractivity contribution in [3.63, 3.8) is 0 Å². The second-order valence-corrected chi connectivity index (χ2v) is 14.8. The van der Waals surface area contributed by atoms with Crippen LogP contribution < -0.4 is 5.32 Å². The van der Waals surface area contributed by atoms with Crippen LogP contribution in [-0.2, 0) is 65.4 Å². The summed E-state index contributed by atoms with van der Waals surface area (Å²) < 4.78 is 41.3. The molecule has 2 aliphatic heterocycles. The highest BCUT2D eigenvalue weighted by Crippen LogP contribution is 2.39. The van der Waals surface area contributed by atoms with Crippen LogP contribution in [0.4, 0.5) is 5.69 Å². The zero-order valence-corrected chi connectivity index (χ0v) is 34.1. The highest BCUT2D eigenvalue weighted by Gasteiger charge is 2.52. The summed E-state index contributed by atoms with van der Waals surface area (Å²) in [5.74, 6) is -2.75. The van der Waals surface area contributed by atoms with E-state index < -0.39 is 60.7 Å². The molecule has 15 nitrogen and oxygen atoms in total. The minimum Gasteiger partial charge on any atom is -0.463 e.